The number of halogens is 3. The lowest BCUT2D eigenvalue weighted by atomic mass is 10.2. The molecule has 0 aliphatic carbocycles. The number of phenols is 1. The molecule has 26 heavy (non-hydrogen) atoms. The summed E-state index contributed by atoms with van der Waals surface area (Å²) in [6.45, 7) is 1.78. The number of nitrogens with zero attached hydrogens (tertiary/aromatic N) is 1. The molecule has 2 aromatic rings. The molecule has 0 radical (unpaired) electrons. The van der Waals surface area contributed by atoms with Gasteiger partial charge in [-0.25, -0.2) is 0 Å². The summed E-state index contributed by atoms with van der Waals surface area (Å²) >= 11 is 0. The number of nitriles is 1. The molecule has 0 heterocycles. The number of rotatable bonds is 4. The van der Waals surface area contributed by atoms with Gasteiger partial charge in [-0.2, -0.15) is 18.4 Å². The molecule has 0 unspecified atom stereocenters. The van der Waals surface area contributed by atoms with Gasteiger partial charge in [0.15, 0.2) is 0 Å². The van der Waals surface area contributed by atoms with Crippen LogP contribution in [0.15, 0.2) is 54.2 Å². The second-order valence-corrected chi connectivity index (χ2v) is 5.37. The smallest absolute Gasteiger partial charge is 0.416 e. The monoisotopic (exact) mass is 361 g/mol. The molecule has 0 aromatic heterocycles. The van der Waals surface area contributed by atoms with Crippen molar-refractivity contribution in [1.29, 1.82) is 5.26 Å². The third-order valence-corrected chi connectivity index (χ3v) is 3.34. The molecule has 0 aliphatic rings. The quantitative estimate of drug-likeness (QED) is 0.433. The Bertz CT molecular complexity index is 899. The van der Waals surface area contributed by atoms with Gasteiger partial charge in [-0.05, 0) is 42.8 Å². The zero-order valence-corrected chi connectivity index (χ0v) is 13.6. The fourth-order valence-corrected chi connectivity index (χ4v) is 2.03. The average Bonchev–Trinajstić information content (AvgIpc) is 2.56. The average molecular weight is 361 g/mol. The summed E-state index contributed by atoms with van der Waals surface area (Å²) in [5, 5.41) is 23.7. The summed E-state index contributed by atoms with van der Waals surface area (Å²) in [4.78, 5) is 12.1. The number of carbonyl (C=O) groups excluding carboxylic acids is 1. The molecule has 0 fully saturated rings. The number of nitrogens with one attached hydrogen (secondary N) is 2. The number of carbonyl (C=O) groups is 1. The summed E-state index contributed by atoms with van der Waals surface area (Å²) in [6, 6.07) is 10.5. The van der Waals surface area contributed by atoms with Gasteiger partial charge in [0, 0.05) is 11.9 Å². The van der Waals surface area contributed by atoms with E-state index in [4.69, 9.17) is 5.26 Å². The van der Waals surface area contributed by atoms with Crippen molar-refractivity contribution in [3.63, 3.8) is 0 Å². The van der Waals surface area contributed by atoms with Crippen molar-refractivity contribution in [2.24, 2.45) is 0 Å². The minimum atomic E-state index is -4.54. The Morgan fingerprint density at radius 2 is 1.96 bits per heavy atom. The maximum absolute atomic E-state index is 12.7. The lowest BCUT2D eigenvalue weighted by molar-refractivity contribution is -0.137. The van der Waals surface area contributed by atoms with E-state index in [0.29, 0.717) is 0 Å². The summed E-state index contributed by atoms with van der Waals surface area (Å²) in [5.74, 6) is -0.956. The van der Waals surface area contributed by atoms with E-state index < -0.39 is 17.6 Å². The molecule has 0 saturated carbocycles. The van der Waals surface area contributed by atoms with E-state index in [1.165, 1.54) is 12.1 Å². The summed E-state index contributed by atoms with van der Waals surface area (Å²) in [7, 11) is 0. The van der Waals surface area contributed by atoms with Gasteiger partial charge in [0.25, 0.3) is 5.91 Å². The molecule has 1 amide bonds. The molecule has 0 atom stereocenters. The Labute approximate surface area is 147 Å². The third kappa shape index (κ3) is 4.77. The SMILES string of the molecule is Cc1ccc(N/C=C(/C#N)C(=O)Nc2cccc(C(F)(F)F)c2)c(O)c1. The highest BCUT2D eigenvalue weighted by Crippen LogP contribution is 2.30. The fourth-order valence-electron chi connectivity index (χ4n) is 2.03. The van der Waals surface area contributed by atoms with Crippen LogP contribution in [0.4, 0.5) is 24.5 Å². The van der Waals surface area contributed by atoms with Gasteiger partial charge in [-0.3, -0.25) is 4.79 Å². The molecule has 0 saturated heterocycles. The van der Waals surface area contributed by atoms with Crippen molar-refractivity contribution < 1.29 is 23.1 Å². The number of phenolic OH excluding ortho intramolecular Hbond substituents is 1. The van der Waals surface area contributed by atoms with Crippen LogP contribution in [-0.2, 0) is 11.0 Å². The highest BCUT2D eigenvalue weighted by atomic mass is 19.4. The summed E-state index contributed by atoms with van der Waals surface area (Å²) < 4.78 is 38.1. The number of aryl methyl sites for hydroxylation is 1. The number of hydrogen-bond acceptors (Lipinski definition) is 4. The van der Waals surface area contributed by atoms with Crippen molar-refractivity contribution in [1.82, 2.24) is 0 Å². The summed E-state index contributed by atoms with van der Waals surface area (Å²) in [6.07, 6.45) is -3.48. The van der Waals surface area contributed by atoms with Gasteiger partial charge in [-0.1, -0.05) is 12.1 Å². The second kappa shape index (κ2) is 7.61. The predicted molar refractivity (Wildman–Crippen MR) is 90.2 cm³/mol. The van der Waals surface area contributed by atoms with Crippen LogP contribution in [0.2, 0.25) is 0 Å². The topological polar surface area (TPSA) is 85.2 Å². The lowest BCUT2D eigenvalue weighted by Gasteiger charge is -2.10. The standard InChI is InChI=1S/C18H14F3N3O2/c1-11-5-6-15(16(25)7-11)23-10-12(9-22)17(26)24-14-4-2-3-13(8-14)18(19,20)21/h2-8,10,23,25H,1H3,(H,24,26)/b12-10-. The number of benzene rings is 2. The molecule has 134 valence electrons. The van der Waals surface area contributed by atoms with Crippen molar-refractivity contribution >= 4 is 17.3 Å². The molecule has 8 heteroatoms. The van der Waals surface area contributed by atoms with E-state index in [1.54, 1.807) is 25.1 Å². The molecule has 2 aromatic carbocycles. The van der Waals surface area contributed by atoms with Crippen molar-refractivity contribution in [2.45, 2.75) is 13.1 Å². The predicted octanol–water partition coefficient (Wildman–Crippen LogP) is 4.18. The molecular weight excluding hydrogens is 347 g/mol. The van der Waals surface area contributed by atoms with E-state index in [9.17, 15) is 23.1 Å². The van der Waals surface area contributed by atoms with Gasteiger partial charge in [0.05, 0.1) is 11.3 Å². The normalized spacial score (nSPS) is 11.6. The number of alkyl halides is 3. The number of aromatic hydroxyl groups is 1. The van der Waals surface area contributed by atoms with Gasteiger partial charge in [0.2, 0.25) is 0 Å². The Kier molecular flexibility index (Phi) is 5.52. The first-order valence-corrected chi connectivity index (χ1v) is 7.36. The molecule has 0 spiro atoms. The van der Waals surface area contributed by atoms with Crippen LogP contribution in [0.5, 0.6) is 5.75 Å². The first-order chi connectivity index (χ1) is 12.2. The van der Waals surface area contributed by atoms with E-state index >= 15 is 0 Å². The van der Waals surface area contributed by atoms with E-state index in [2.05, 4.69) is 10.6 Å². The largest absolute Gasteiger partial charge is 0.506 e. The van der Waals surface area contributed by atoms with Crippen molar-refractivity contribution in [3.8, 4) is 11.8 Å². The lowest BCUT2D eigenvalue weighted by Crippen LogP contribution is -2.15. The minimum Gasteiger partial charge on any atom is -0.506 e. The molecule has 3 N–H and O–H groups in total. The highest BCUT2D eigenvalue weighted by molar-refractivity contribution is 6.06. The second-order valence-electron chi connectivity index (χ2n) is 5.37. The van der Waals surface area contributed by atoms with Crippen LogP contribution in [-0.4, -0.2) is 11.0 Å². The number of hydrogen-bond donors (Lipinski definition) is 3. The maximum atomic E-state index is 12.7. The van der Waals surface area contributed by atoms with Crippen LogP contribution in [0.3, 0.4) is 0 Å². The van der Waals surface area contributed by atoms with E-state index in [1.807, 2.05) is 0 Å². The van der Waals surface area contributed by atoms with E-state index in [-0.39, 0.29) is 22.7 Å². The maximum Gasteiger partial charge on any atom is 0.416 e. The van der Waals surface area contributed by atoms with Crippen LogP contribution in [0.25, 0.3) is 0 Å². The Hall–Kier alpha value is -3.47. The van der Waals surface area contributed by atoms with Crippen LogP contribution < -0.4 is 10.6 Å². The van der Waals surface area contributed by atoms with Gasteiger partial charge >= 0.3 is 6.18 Å². The van der Waals surface area contributed by atoms with Crippen LogP contribution in [0.1, 0.15) is 11.1 Å². The van der Waals surface area contributed by atoms with Gasteiger partial charge in [0.1, 0.15) is 17.4 Å². The molecule has 2 rings (SSSR count). The zero-order chi connectivity index (χ0) is 19.3. The van der Waals surface area contributed by atoms with Crippen molar-refractivity contribution in [2.75, 3.05) is 10.6 Å². The van der Waals surface area contributed by atoms with Crippen LogP contribution >= 0.6 is 0 Å². The fraction of sp³-hybridized carbons (Fsp3) is 0.111. The third-order valence-electron chi connectivity index (χ3n) is 3.34. The van der Waals surface area contributed by atoms with Crippen molar-refractivity contribution in [3.05, 3.63) is 65.4 Å². The number of amides is 1. The molecule has 5 nitrogen and oxygen atoms in total. The van der Waals surface area contributed by atoms with Crippen LogP contribution in [0, 0.1) is 18.3 Å². The number of anilines is 2. The van der Waals surface area contributed by atoms with Gasteiger partial charge in [-0.15, -0.1) is 0 Å². The molecular formula is C18H14F3N3O2. The Balaban J connectivity index is 2.15. The molecule has 0 bridgehead atoms. The Morgan fingerprint density at radius 1 is 1.23 bits per heavy atom. The van der Waals surface area contributed by atoms with E-state index in [0.717, 1.165) is 30.0 Å². The minimum absolute atomic E-state index is 0.0724. The summed E-state index contributed by atoms with van der Waals surface area (Å²) in [5.41, 5.74) is -0.290. The zero-order valence-electron chi connectivity index (χ0n) is 13.6. The highest BCUT2D eigenvalue weighted by Gasteiger charge is 2.30. The molecule has 0 aliphatic heterocycles. The first kappa shape index (κ1) is 18.9. The Morgan fingerprint density at radius 3 is 2.58 bits per heavy atom. The van der Waals surface area contributed by atoms with Gasteiger partial charge < -0.3 is 15.7 Å². The first-order valence-electron chi connectivity index (χ1n) is 7.36.